The predicted molar refractivity (Wildman–Crippen MR) is 93.6 cm³/mol. The van der Waals surface area contributed by atoms with Crippen LogP contribution in [0.2, 0.25) is 0 Å². The highest BCUT2D eigenvalue weighted by molar-refractivity contribution is 7.13. The Morgan fingerprint density at radius 2 is 2.13 bits per heavy atom. The van der Waals surface area contributed by atoms with Gasteiger partial charge in [0.25, 0.3) is 0 Å². The number of thiazole rings is 1. The zero-order valence-corrected chi connectivity index (χ0v) is 13.9. The molecule has 0 aliphatic rings. The summed E-state index contributed by atoms with van der Waals surface area (Å²) in [4.78, 5) is 20.8. The molecule has 23 heavy (non-hydrogen) atoms. The van der Waals surface area contributed by atoms with Crippen LogP contribution in [0.5, 0.6) is 0 Å². The second-order valence-electron chi connectivity index (χ2n) is 5.43. The van der Waals surface area contributed by atoms with Gasteiger partial charge in [-0.1, -0.05) is 12.1 Å². The van der Waals surface area contributed by atoms with Crippen LogP contribution in [0, 0.1) is 13.8 Å². The molecule has 1 aromatic carbocycles. The van der Waals surface area contributed by atoms with Crippen molar-refractivity contribution in [2.24, 2.45) is 0 Å². The summed E-state index contributed by atoms with van der Waals surface area (Å²) < 4.78 is 0. The summed E-state index contributed by atoms with van der Waals surface area (Å²) >= 11 is 1.53. The Kier molecular flexibility index (Phi) is 4.48. The molecule has 0 saturated carbocycles. The average Bonchev–Trinajstić information content (AvgIpc) is 3.00. The number of anilines is 1. The number of hydrogen-bond donors (Lipinski definition) is 1. The molecule has 0 saturated heterocycles. The van der Waals surface area contributed by atoms with Gasteiger partial charge < -0.3 is 5.32 Å². The maximum absolute atomic E-state index is 12.2. The van der Waals surface area contributed by atoms with E-state index in [-0.39, 0.29) is 12.3 Å². The highest BCUT2D eigenvalue weighted by Crippen LogP contribution is 2.23. The number of benzene rings is 1. The van der Waals surface area contributed by atoms with E-state index < -0.39 is 0 Å². The van der Waals surface area contributed by atoms with Gasteiger partial charge in [-0.15, -0.1) is 11.3 Å². The van der Waals surface area contributed by atoms with Gasteiger partial charge in [0.15, 0.2) is 0 Å². The summed E-state index contributed by atoms with van der Waals surface area (Å²) in [5, 5.41) is 5.77. The maximum Gasteiger partial charge on any atom is 0.230 e. The minimum Gasteiger partial charge on any atom is -0.325 e. The van der Waals surface area contributed by atoms with E-state index in [9.17, 15) is 4.79 Å². The topological polar surface area (TPSA) is 54.9 Å². The Labute approximate surface area is 139 Å². The molecule has 5 heteroatoms. The molecule has 3 rings (SSSR count). The number of aryl methyl sites for hydroxylation is 2. The van der Waals surface area contributed by atoms with Gasteiger partial charge in [0.05, 0.1) is 12.1 Å². The lowest BCUT2D eigenvalue weighted by Gasteiger charge is -2.08. The number of hydrogen-bond acceptors (Lipinski definition) is 4. The number of pyridine rings is 1. The summed E-state index contributed by atoms with van der Waals surface area (Å²) in [6.45, 7) is 3.99. The molecule has 0 spiro atoms. The number of nitrogens with one attached hydrogen (secondary N) is 1. The van der Waals surface area contributed by atoms with Crippen molar-refractivity contribution in [2.75, 3.05) is 5.32 Å². The van der Waals surface area contributed by atoms with E-state index >= 15 is 0 Å². The van der Waals surface area contributed by atoms with E-state index in [2.05, 4.69) is 15.3 Å². The monoisotopic (exact) mass is 323 g/mol. The number of nitrogens with zero attached hydrogens (tertiary/aromatic N) is 2. The lowest BCUT2D eigenvalue weighted by molar-refractivity contribution is -0.115. The first-order valence-electron chi connectivity index (χ1n) is 7.34. The van der Waals surface area contributed by atoms with Crippen molar-refractivity contribution in [1.82, 2.24) is 9.97 Å². The molecule has 3 aromatic rings. The maximum atomic E-state index is 12.2. The third-order valence-corrected chi connectivity index (χ3v) is 4.41. The van der Waals surface area contributed by atoms with Crippen LogP contribution in [-0.4, -0.2) is 15.9 Å². The van der Waals surface area contributed by atoms with Crippen molar-refractivity contribution in [1.29, 1.82) is 0 Å². The SMILES string of the molecule is Cc1ccc(C)c(NC(=O)Cc2csc(-c3cccnc3)n2)c1. The van der Waals surface area contributed by atoms with Crippen LogP contribution < -0.4 is 5.32 Å². The fourth-order valence-electron chi connectivity index (χ4n) is 2.24. The minimum atomic E-state index is -0.0539. The van der Waals surface area contributed by atoms with E-state index in [1.54, 1.807) is 12.4 Å². The first-order chi connectivity index (χ1) is 11.1. The molecule has 0 aliphatic heterocycles. The van der Waals surface area contributed by atoms with Crippen LogP contribution >= 0.6 is 11.3 Å². The van der Waals surface area contributed by atoms with Gasteiger partial charge in [0, 0.05) is 29.0 Å². The third-order valence-electron chi connectivity index (χ3n) is 3.47. The first-order valence-corrected chi connectivity index (χ1v) is 8.22. The Bertz CT molecular complexity index is 827. The van der Waals surface area contributed by atoms with Crippen LogP contribution in [0.4, 0.5) is 5.69 Å². The average molecular weight is 323 g/mol. The van der Waals surface area contributed by atoms with Crippen molar-refractivity contribution in [3.8, 4) is 10.6 Å². The fraction of sp³-hybridized carbons (Fsp3) is 0.167. The molecule has 4 nitrogen and oxygen atoms in total. The van der Waals surface area contributed by atoms with Crippen LogP contribution in [0.3, 0.4) is 0 Å². The molecule has 0 aliphatic carbocycles. The quantitative estimate of drug-likeness (QED) is 0.789. The Morgan fingerprint density at radius 3 is 2.91 bits per heavy atom. The van der Waals surface area contributed by atoms with Crippen molar-refractivity contribution < 1.29 is 4.79 Å². The Morgan fingerprint density at radius 1 is 1.26 bits per heavy atom. The second kappa shape index (κ2) is 6.71. The molecular weight excluding hydrogens is 306 g/mol. The predicted octanol–water partition coefficient (Wildman–Crippen LogP) is 4.00. The lowest BCUT2D eigenvalue weighted by Crippen LogP contribution is -2.15. The lowest BCUT2D eigenvalue weighted by atomic mass is 10.1. The molecular formula is C18H17N3OS. The summed E-state index contributed by atoms with van der Waals surface area (Å²) in [6.07, 6.45) is 3.78. The third kappa shape index (κ3) is 3.81. The van der Waals surface area contributed by atoms with Crippen LogP contribution in [-0.2, 0) is 11.2 Å². The highest BCUT2D eigenvalue weighted by atomic mass is 32.1. The highest BCUT2D eigenvalue weighted by Gasteiger charge is 2.10. The minimum absolute atomic E-state index is 0.0539. The number of rotatable bonds is 4. The molecule has 1 N–H and O–H groups in total. The van der Waals surface area contributed by atoms with Crippen LogP contribution in [0.25, 0.3) is 10.6 Å². The van der Waals surface area contributed by atoms with E-state index in [1.165, 1.54) is 11.3 Å². The molecule has 2 heterocycles. The fourth-order valence-corrected chi connectivity index (χ4v) is 3.05. The summed E-state index contributed by atoms with van der Waals surface area (Å²) in [5.74, 6) is -0.0539. The van der Waals surface area contributed by atoms with Crippen molar-refractivity contribution in [3.63, 3.8) is 0 Å². The van der Waals surface area contributed by atoms with Crippen LogP contribution in [0.15, 0.2) is 48.1 Å². The Balaban J connectivity index is 1.69. The van der Waals surface area contributed by atoms with Gasteiger partial charge in [0.2, 0.25) is 5.91 Å². The van der Waals surface area contributed by atoms with Crippen molar-refractivity contribution >= 4 is 22.9 Å². The Hall–Kier alpha value is -2.53. The smallest absolute Gasteiger partial charge is 0.230 e. The van der Waals surface area contributed by atoms with Crippen molar-refractivity contribution in [3.05, 3.63) is 64.9 Å². The number of aromatic nitrogens is 2. The summed E-state index contributed by atoms with van der Waals surface area (Å²) in [7, 11) is 0. The second-order valence-corrected chi connectivity index (χ2v) is 6.29. The van der Waals surface area contributed by atoms with E-state index in [4.69, 9.17) is 0 Å². The van der Waals surface area contributed by atoms with Gasteiger partial charge in [-0.2, -0.15) is 0 Å². The van der Waals surface area contributed by atoms with Gasteiger partial charge in [-0.05, 0) is 43.2 Å². The van der Waals surface area contributed by atoms with Gasteiger partial charge in [-0.25, -0.2) is 4.98 Å². The standard InChI is InChI=1S/C18H17N3OS/c1-12-5-6-13(2)16(8-12)21-17(22)9-15-11-23-18(20-15)14-4-3-7-19-10-14/h3-8,10-11H,9H2,1-2H3,(H,21,22). The molecule has 1 amide bonds. The van der Waals surface area contributed by atoms with Crippen molar-refractivity contribution in [2.45, 2.75) is 20.3 Å². The van der Waals surface area contributed by atoms with Gasteiger partial charge in [0.1, 0.15) is 5.01 Å². The molecule has 0 unspecified atom stereocenters. The molecule has 0 fully saturated rings. The molecule has 0 bridgehead atoms. The van der Waals surface area contributed by atoms with E-state index in [0.29, 0.717) is 0 Å². The van der Waals surface area contributed by atoms with E-state index in [0.717, 1.165) is 33.1 Å². The van der Waals surface area contributed by atoms with Gasteiger partial charge >= 0.3 is 0 Å². The number of amides is 1. The summed E-state index contributed by atoms with van der Waals surface area (Å²) in [6, 6.07) is 9.87. The largest absolute Gasteiger partial charge is 0.325 e. The zero-order valence-electron chi connectivity index (χ0n) is 13.0. The number of carbonyl (C=O) groups excluding carboxylic acids is 1. The van der Waals surface area contributed by atoms with E-state index in [1.807, 2.05) is 49.6 Å². The summed E-state index contributed by atoms with van der Waals surface area (Å²) in [5.41, 5.74) is 4.78. The van der Waals surface area contributed by atoms with Gasteiger partial charge in [-0.3, -0.25) is 9.78 Å². The molecule has 0 atom stereocenters. The first kappa shape index (κ1) is 15.4. The zero-order chi connectivity index (χ0) is 16.2. The molecule has 2 aromatic heterocycles. The van der Waals surface area contributed by atoms with Crippen LogP contribution in [0.1, 0.15) is 16.8 Å². The number of carbonyl (C=O) groups is 1. The molecule has 0 radical (unpaired) electrons. The normalized spacial score (nSPS) is 10.5. The molecule has 116 valence electrons.